The molecule has 0 saturated carbocycles. The van der Waals surface area contributed by atoms with Gasteiger partial charge in [0.15, 0.2) is 0 Å². The SMILES string of the molecule is C=CN(CC)CCNC. The van der Waals surface area contributed by atoms with Crippen LogP contribution in [0, 0.1) is 0 Å². The molecule has 0 bridgehead atoms. The lowest BCUT2D eigenvalue weighted by Crippen LogP contribution is -2.25. The van der Waals surface area contributed by atoms with E-state index >= 15 is 0 Å². The van der Waals surface area contributed by atoms with Crippen LogP contribution in [0.3, 0.4) is 0 Å². The lowest BCUT2D eigenvalue weighted by molar-refractivity contribution is 0.396. The first-order valence-corrected chi connectivity index (χ1v) is 3.36. The summed E-state index contributed by atoms with van der Waals surface area (Å²) in [4.78, 5) is 2.16. The summed E-state index contributed by atoms with van der Waals surface area (Å²) in [7, 11) is 1.96. The minimum atomic E-state index is 1.03. The Labute approximate surface area is 57.5 Å². The molecular formula is C7H16N2. The van der Waals surface area contributed by atoms with Gasteiger partial charge in [0.1, 0.15) is 0 Å². The maximum atomic E-state index is 3.68. The standard InChI is InChI=1S/C7H16N2/c1-4-9(5-2)7-6-8-3/h4,8H,1,5-7H2,2-3H3. The minimum absolute atomic E-state index is 1.03. The van der Waals surface area contributed by atoms with E-state index in [2.05, 4.69) is 23.7 Å². The minimum Gasteiger partial charge on any atom is -0.377 e. The Balaban J connectivity index is 3.20. The van der Waals surface area contributed by atoms with Crippen molar-refractivity contribution in [1.29, 1.82) is 0 Å². The molecule has 0 aromatic heterocycles. The summed E-state index contributed by atoms with van der Waals surface area (Å²) in [6.45, 7) is 8.93. The van der Waals surface area contributed by atoms with Gasteiger partial charge in [0, 0.05) is 19.6 Å². The molecule has 0 amide bonds. The molecule has 0 aliphatic heterocycles. The van der Waals surface area contributed by atoms with E-state index in [1.165, 1.54) is 0 Å². The Morgan fingerprint density at radius 3 is 2.67 bits per heavy atom. The first-order chi connectivity index (χ1) is 4.35. The molecule has 0 saturated heterocycles. The van der Waals surface area contributed by atoms with Crippen LogP contribution in [0.5, 0.6) is 0 Å². The maximum Gasteiger partial charge on any atom is 0.0297 e. The Morgan fingerprint density at radius 1 is 1.67 bits per heavy atom. The molecule has 0 radical (unpaired) electrons. The van der Waals surface area contributed by atoms with Gasteiger partial charge in [-0.2, -0.15) is 0 Å². The zero-order valence-electron chi connectivity index (χ0n) is 6.35. The fraction of sp³-hybridized carbons (Fsp3) is 0.714. The van der Waals surface area contributed by atoms with Gasteiger partial charge in [-0.05, 0) is 20.2 Å². The van der Waals surface area contributed by atoms with E-state index in [1.807, 2.05) is 13.2 Å². The molecule has 1 N–H and O–H groups in total. The second-order valence-electron chi connectivity index (χ2n) is 1.91. The quantitative estimate of drug-likeness (QED) is 0.585. The average molecular weight is 128 g/mol. The smallest absolute Gasteiger partial charge is 0.0297 e. The highest BCUT2D eigenvalue weighted by atomic mass is 15.1. The van der Waals surface area contributed by atoms with Crippen molar-refractivity contribution in [2.75, 3.05) is 26.7 Å². The van der Waals surface area contributed by atoms with Crippen molar-refractivity contribution in [2.45, 2.75) is 6.92 Å². The summed E-state index contributed by atoms with van der Waals surface area (Å²) >= 11 is 0. The fourth-order valence-corrected chi connectivity index (χ4v) is 0.634. The van der Waals surface area contributed by atoms with Crippen LogP contribution in [0.2, 0.25) is 0 Å². The van der Waals surface area contributed by atoms with Gasteiger partial charge in [-0.15, -0.1) is 0 Å². The first kappa shape index (κ1) is 8.50. The highest BCUT2D eigenvalue weighted by Gasteiger charge is 1.89. The predicted molar refractivity (Wildman–Crippen MR) is 41.4 cm³/mol. The second kappa shape index (κ2) is 5.63. The van der Waals surface area contributed by atoms with Gasteiger partial charge in [-0.3, -0.25) is 0 Å². The topological polar surface area (TPSA) is 15.3 Å². The molecule has 0 fully saturated rings. The van der Waals surface area contributed by atoms with Gasteiger partial charge in [0.05, 0.1) is 0 Å². The van der Waals surface area contributed by atoms with E-state index in [0.29, 0.717) is 0 Å². The lowest BCUT2D eigenvalue weighted by Gasteiger charge is -2.16. The van der Waals surface area contributed by atoms with Crippen molar-refractivity contribution < 1.29 is 0 Å². The van der Waals surface area contributed by atoms with Crippen LogP contribution in [0.1, 0.15) is 6.92 Å². The zero-order valence-corrected chi connectivity index (χ0v) is 6.35. The number of rotatable bonds is 5. The van der Waals surface area contributed by atoms with Crippen LogP contribution >= 0.6 is 0 Å². The Kier molecular flexibility index (Phi) is 5.32. The average Bonchev–Trinajstić information content (AvgIpc) is 1.91. The normalized spacial score (nSPS) is 9.11. The molecule has 9 heavy (non-hydrogen) atoms. The van der Waals surface area contributed by atoms with Gasteiger partial charge >= 0.3 is 0 Å². The number of nitrogens with one attached hydrogen (secondary N) is 1. The third kappa shape index (κ3) is 4.03. The van der Waals surface area contributed by atoms with E-state index in [4.69, 9.17) is 0 Å². The van der Waals surface area contributed by atoms with Crippen LogP contribution in [0.15, 0.2) is 12.8 Å². The lowest BCUT2D eigenvalue weighted by atomic mass is 10.5. The molecule has 0 aliphatic rings. The van der Waals surface area contributed by atoms with Crippen LogP contribution in [-0.2, 0) is 0 Å². The van der Waals surface area contributed by atoms with Crippen LogP contribution in [0.4, 0.5) is 0 Å². The van der Waals surface area contributed by atoms with Crippen LogP contribution in [-0.4, -0.2) is 31.6 Å². The highest BCUT2D eigenvalue weighted by molar-refractivity contribution is 4.69. The van der Waals surface area contributed by atoms with E-state index in [0.717, 1.165) is 19.6 Å². The van der Waals surface area contributed by atoms with Gasteiger partial charge in [0.25, 0.3) is 0 Å². The molecule has 0 unspecified atom stereocenters. The van der Waals surface area contributed by atoms with Crippen molar-refractivity contribution in [3.8, 4) is 0 Å². The molecular weight excluding hydrogens is 112 g/mol. The second-order valence-corrected chi connectivity index (χ2v) is 1.91. The fourth-order valence-electron chi connectivity index (χ4n) is 0.634. The van der Waals surface area contributed by atoms with Crippen molar-refractivity contribution in [1.82, 2.24) is 10.2 Å². The van der Waals surface area contributed by atoms with Crippen molar-refractivity contribution in [3.63, 3.8) is 0 Å². The van der Waals surface area contributed by atoms with E-state index in [-0.39, 0.29) is 0 Å². The van der Waals surface area contributed by atoms with Crippen molar-refractivity contribution >= 4 is 0 Å². The largest absolute Gasteiger partial charge is 0.377 e. The molecule has 2 nitrogen and oxygen atoms in total. The summed E-state index contributed by atoms with van der Waals surface area (Å²) in [6, 6.07) is 0. The first-order valence-electron chi connectivity index (χ1n) is 3.36. The molecule has 0 aromatic rings. The Bertz CT molecular complexity index is 71.3. The van der Waals surface area contributed by atoms with Gasteiger partial charge in [0.2, 0.25) is 0 Å². The van der Waals surface area contributed by atoms with E-state index < -0.39 is 0 Å². The molecule has 0 spiro atoms. The Morgan fingerprint density at radius 2 is 2.33 bits per heavy atom. The third-order valence-electron chi connectivity index (χ3n) is 1.31. The summed E-state index contributed by atoms with van der Waals surface area (Å²) in [5, 5.41) is 3.08. The Hall–Kier alpha value is -0.500. The molecule has 54 valence electrons. The molecule has 0 heterocycles. The maximum absolute atomic E-state index is 3.68. The molecule has 0 atom stereocenters. The summed E-state index contributed by atoms with van der Waals surface area (Å²) in [6.07, 6.45) is 1.87. The van der Waals surface area contributed by atoms with Gasteiger partial charge in [-0.1, -0.05) is 6.58 Å². The molecule has 0 aliphatic carbocycles. The van der Waals surface area contributed by atoms with E-state index in [1.54, 1.807) is 0 Å². The monoisotopic (exact) mass is 128 g/mol. The van der Waals surface area contributed by atoms with Gasteiger partial charge < -0.3 is 10.2 Å². The third-order valence-corrected chi connectivity index (χ3v) is 1.31. The summed E-state index contributed by atoms with van der Waals surface area (Å²) < 4.78 is 0. The number of hydrogen-bond donors (Lipinski definition) is 1. The number of likely N-dealkylation sites (N-methyl/N-ethyl adjacent to an activating group) is 2. The molecule has 0 aromatic carbocycles. The van der Waals surface area contributed by atoms with Crippen molar-refractivity contribution in [3.05, 3.63) is 12.8 Å². The summed E-state index contributed by atoms with van der Waals surface area (Å²) in [5.41, 5.74) is 0. The molecule has 0 rings (SSSR count). The number of nitrogens with zero attached hydrogens (tertiary/aromatic N) is 1. The predicted octanol–water partition coefficient (Wildman–Crippen LogP) is 0.671. The molecule has 2 heteroatoms. The highest BCUT2D eigenvalue weighted by Crippen LogP contribution is 1.83. The van der Waals surface area contributed by atoms with E-state index in [9.17, 15) is 0 Å². The zero-order chi connectivity index (χ0) is 7.11. The summed E-state index contributed by atoms with van der Waals surface area (Å²) in [5.74, 6) is 0. The van der Waals surface area contributed by atoms with Crippen molar-refractivity contribution in [2.24, 2.45) is 0 Å². The van der Waals surface area contributed by atoms with Gasteiger partial charge in [-0.25, -0.2) is 0 Å². The number of hydrogen-bond acceptors (Lipinski definition) is 2. The van der Waals surface area contributed by atoms with Crippen LogP contribution in [0.25, 0.3) is 0 Å². The van der Waals surface area contributed by atoms with Crippen LogP contribution < -0.4 is 5.32 Å².